The van der Waals surface area contributed by atoms with Gasteiger partial charge >= 0.3 is 0 Å². The van der Waals surface area contributed by atoms with E-state index in [1.807, 2.05) is 29.2 Å². The van der Waals surface area contributed by atoms with Crippen molar-refractivity contribution in [1.29, 1.82) is 0 Å². The quantitative estimate of drug-likeness (QED) is 0.195. The molecule has 49 heavy (non-hydrogen) atoms. The monoisotopic (exact) mass is 650 g/mol. The Morgan fingerprint density at radius 2 is 1.45 bits per heavy atom. The molecule has 5 heteroatoms. The average Bonchev–Trinajstić information content (AvgIpc) is 3.78. The smallest absolute Gasteiger partial charge is 0.234 e. The summed E-state index contributed by atoms with van der Waals surface area (Å²) >= 11 is 0. The van der Waals surface area contributed by atoms with E-state index < -0.39 is 5.60 Å². The lowest BCUT2D eigenvalue weighted by Crippen LogP contribution is -2.61. The molecule has 9 atom stereocenters. The Balaban J connectivity index is 1.21. The van der Waals surface area contributed by atoms with Crippen molar-refractivity contribution in [1.82, 2.24) is 4.90 Å². The predicted octanol–water partition coefficient (Wildman–Crippen LogP) is 9.00. The van der Waals surface area contributed by atoms with E-state index in [2.05, 4.69) is 129 Å². The summed E-state index contributed by atoms with van der Waals surface area (Å²) in [6, 6.07) is 39.9. The summed E-state index contributed by atoms with van der Waals surface area (Å²) in [5, 5.41) is 0. The molecule has 4 aliphatic heterocycles. The van der Waals surface area contributed by atoms with Gasteiger partial charge in [0.15, 0.2) is 0 Å². The van der Waals surface area contributed by atoms with Crippen LogP contribution in [0, 0.1) is 17.8 Å². The molecule has 250 valence electrons. The first-order valence-electron chi connectivity index (χ1n) is 18.2. The van der Waals surface area contributed by atoms with Crippen LogP contribution in [-0.2, 0) is 20.8 Å². The minimum Gasteiger partial charge on any atom is -0.360 e. The highest BCUT2D eigenvalue weighted by Crippen LogP contribution is 2.64. The molecule has 0 N–H and O–H groups in total. The zero-order valence-electron chi connectivity index (χ0n) is 28.7. The van der Waals surface area contributed by atoms with Gasteiger partial charge in [-0.25, -0.2) is 0 Å². The lowest BCUT2D eigenvalue weighted by molar-refractivity contribution is -0.241. The number of amides is 1. The minimum absolute atomic E-state index is 0.0500. The van der Waals surface area contributed by atoms with Crippen LogP contribution in [0.25, 0.3) is 0 Å². The molecule has 4 aromatic carbocycles. The van der Waals surface area contributed by atoms with E-state index in [4.69, 9.17) is 9.47 Å². The second-order valence-corrected chi connectivity index (χ2v) is 15.6. The molecule has 3 saturated heterocycles. The lowest BCUT2D eigenvalue weighted by atomic mass is 9.69. The third-order valence-electron chi connectivity index (χ3n) is 12.5. The summed E-state index contributed by atoms with van der Waals surface area (Å²) in [6.45, 7) is 8.01. The van der Waals surface area contributed by atoms with Gasteiger partial charge in [-0.2, -0.15) is 0 Å². The maximum Gasteiger partial charge on any atom is 0.234 e. The number of rotatable bonds is 6. The highest BCUT2D eigenvalue weighted by atomic mass is 16.5. The molecule has 1 spiro atoms. The molecule has 0 radical (unpaired) electrons. The molecule has 9 rings (SSSR count). The molecule has 5 nitrogen and oxygen atoms in total. The second-order valence-electron chi connectivity index (χ2n) is 15.6. The Morgan fingerprint density at radius 3 is 2.18 bits per heavy atom. The van der Waals surface area contributed by atoms with Crippen LogP contribution in [0.15, 0.2) is 127 Å². The van der Waals surface area contributed by atoms with Crippen molar-refractivity contribution in [3.8, 4) is 0 Å². The molecule has 1 saturated carbocycles. The van der Waals surface area contributed by atoms with Gasteiger partial charge in [0.1, 0.15) is 11.8 Å². The SMILES string of the molecule is C[C@@H]1CC[C@@H]2[C@@H](C1)O[C@@H](c1ccccc1[C@@H]1N(c3ccccc3)C(=O)[C@H]3[C@H](c4ccccc4)[C@@H]4C=C[C@]13O4)N(Cc1ccccc1)C2(C)C. The summed E-state index contributed by atoms with van der Waals surface area (Å²) in [5.41, 5.74) is 4.64. The molecule has 1 amide bonds. The maximum absolute atomic E-state index is 15.0. The maximum atomic E-state index is 15.0. The molecule has 4 heterocycles. The fourth-order valence-electron chi connectivity index (χ4n) is 10.2. The fraction of sp³-hybridized carbons (Fsp3) is 0.386. The van der Waals surface area contributed by atoms with Crippen molar-refractivity contribution in [2.24, 2.45) is 17.8 Å². The Bertz CT molecular complexity index is 1860. The lowest BCUT2D eigenvalue weighted by Gasteiger charge is -2.58. The zero-order chi connectivity index (χ0) is 33.3. The number of carbonyl (C=O) groups excluding carboxylic acids is 1. The highest BCUT2D eigenvalue weighted by molar-refractivity contribution is 6.02. The van der Waals surface area contributed by atoms with E-state index in [0.717, 1.165) is 35.3 Å². The van der Waals surface area contributed by atoms with Crippen LogP contribution in [0.3, 0.4) is 0 Å². The molecule has 4 fully saturated rings. The van der Waals surface area contributed by atoms with Gasteiger partial charge in [0, 0.05) is 35.2 Å². The number of para-hydroxylation sites is 1. The number of benzene rings is 4. The topological polar surface area (TPSA) is 42.0 Å². The second kappa shape index (κ2) is 11.8. The van der Waals surface area contributed by atoms with Crippen molar-refractivity contribution in [2.45, 2.75) is 88.1 Å². The minimum atomic E-state index is -0.801. The first-order valence-corrected chi connectivity index (χ1v) is 18.2. The Hall–Kier alpha value is -4.03. The molecule has 0 unspecified atom stereocenters. The van der Waals surface area contributed by atoms with Gasteiger partial charge in [0.2, 0.25) is 5.91 Å². The summed E-state index contributed by atoms with van der Waals surface area (Å²) in [6.07, 6.45) is 7.65. The van der Waals surface area contributed by atoms with E-state index >= 15 is 4.79 Å². The van der Waals surface area contributed by atoms with Crippen LogP contribution in [0.4, 0.5) is 5.69 Å². The van der Waals surface area contributed by atoms with Crippen LogP contribution in [0.5, 0.6) is 0 Å². The third kappa shape index (κ3) is 4.80. The largest absolute Gasteiger partial charge is 0.360 e. The fourth-order valence-corrected chi connectivity index (χ4v) is 10.2. The van der Waals surface area contributed by atoms with Crippen LogP contribution in [-0.4, -0.2) is 34.2 Å². The van der Waals surface area contributed by atoms with Crippen molar-refractivity contribution >= 4 is 11.6 Å². The highest BCUT2D eigenvalue weighted by Gasteiger charge is 2.70. The van der Waals surface area contributed by atoms with Crippen molar-refractivity contribution < 1.29 is 14.3 Å². The average molecular weight is 651 g/mol. The molecule has 4 aromatic rings. The molecule has 2 bridgehead atoms. The number of ether oxygens (including phenoxy) is 2. The van der Waals surface area contributed by atoms with Gasteiger partial charge in [-0.05, 0) is 61.4 Å². The molecule has 1 aliphatic carbocycles. The normalized spacial score (nSPS) is 34.6. The van der Waals surface area contributed by atoms with E-state index in [-0.39, 0.29) is 47.8 Å². The van der Waals surface area contributed by atoms with Crippen LogP contribution >= 0.6 is 0 Å². The van der Waals surface area contributed by atoms with Gasteiger partial charge in [-0.1, -0.05) is 129 Å². The van der Waals surface area contributed by atoms with Gasteiger partial charge in [0.25, 0.3) is 0 Å². The molecule has 0 aromatic heterocycles. The predicted molar refractivity (Wildman–Crippen MR) is 193 cm³/mol. The van der Waals surface area contributed by atoms with Gasteiger partial charge in [-0.15, -0.1) is 0 Å². The molecular weight excluding hydrogens is 604 g/mol. The number of hydrogen-bond acceptors (Lipinski definition) is 4. The van der Waals surface area contributed by atoms with Gasteiger partial charge in [-0.3, -0.25) is 9.69 Å². The number of hydrogen-bond donors (Lipinski definition) is 0. The number of carbonyl (C=O) groups is 1. The Labute approximate surface area is 290 Å². The Morgan fingerprint density at radius 1 is 0.796 bits per heavy atom. The van der Waals surface area contributed by atoms with Crippen LogP contribution in [0.2, 0.25) is 0 Å². The van der Waals surface area contributed by atoms with Gasteiger partial charge in [0.05, 0.1) is 24.2 Å². The summed E-state index contributed by atoms with van der Waals surface area (Å²) in [7, 11) is 0. The number of anilines is 1. The summed E-state index contributed by atoms with van der Waals surface area (Å²) in [5.74, 6) is 0.813. The van der Waals surface area contributed by atoms with Crippen LogP contribution in [0.1, 0.15) is 80.5 Å². The standard InChI is InChI=1S/C44H46N2O3/c1-29-23-24-35-37(27-29)48-42(45(43(35,2)3)28-30-15-7-4-8-16-30)34-22-14-13-21-33(34)40-44-26-25-36(49-44)38(31-17-9-5-10-18-31)39(44)41(47)46(40)32-19-11-6-12-20-32/h4-22,25-26,29,35-40,42H,23-24,27-28H2,1-3H3/t29-,35-,36+,37-,38-,39-,40+,42+,44-/m1/s1. The zero-order valence-corrected chi connectivity index (χ0v) is 28.7. The van der Waals surface area contributed by atoms with E-state index in [1.54, 1.807) is 0 Å². The van der Waals surface area contributed by atoms with Crippen LogP contribution < -0.4 is 4.90 Å². The number of nitrogens with zero attached hydrogens (tertiary/aromatic N) is 2. The molecule has 5 aliphatic rings. The van der Waals surface area contributed by atoms with E-state index in [1.165, 1.54) is 18.4 Å². The first kappa shape index (κ1) is 31.0. The van der Waals surface area contributed by atoms with Crippen molar-refractivity contribution in [3.63, 3.8) is 0 Å². The van der Waals surface area contributed by atoms with E-state index in [0.29, 0.717) is 11.8 Å². The summed E-state index contributed by atoms with van der Waals surface area (Å²) in [4.78, 5) is 19.7. The summed E-state index contributed by atoms with van der Waals surface area (Å²) < 4.78 is 14.5. The van der Waals surface area contributed by atoms with E-state index in [9.17, 15) is 0 Å². The number of fused-ring (bicyclic) bond motifs is 2. The molecular formula is C44H46N2O3. The van der Waals surface area contributed by atoms with Crippen molar-refractivity contribution in [3.05, 3.63) is 150 Å². The van der Waals surface area contributed by atoms with Gasteiger partial charge < -0.3 is 14.4 Å². The van der Waals surface area contributed by atoms with Crippen molar-refractivity contribution in [2.75, 3.05) is 4.90 Å². The third-order valence-corrected chi connectivity index (χ3v) is 12.5. The first-order chi connectivity index (χ1) is 23.9. The Kier molecular flexibility index (Phi) is 7.46.